The zero-order valence-corrected chi connectivity index (χ0v) is 14.3. The molecule has 0 saturated carbocycles. The number of hydrogen-bond acceptors (Lipinski definition) is 7. The lowest BCUT2D eigenvalue weighted by atomic mass is 9.74. The van der Waals surface area contributed by atoms with E-state index in [-0.39, 0.29) is 18.1 Å². The molecule has 7 nitrogen and oxygen atoms in total. The molecule has 0 aliphatic carbocycles. The highest BCUT2D eigenvalue weighted by Crippen LogP contribution is 2.50. The van der Waals surface area contributed by atoms with Crippen LogP contribution in [0.25, 0.3) is 0 Å². The molecule has 2 fully saturated rings. The van der Waals surface area contributed by atoms with Crippen molar-refractivity contribution in [1.29, 1.82) is 0 Å². The summed E-state index contributed by atoms with van der Waals surface area (Å²) < 4.78 is 14.9. The van der Waals surface area contributed by atoms with Crippen LogP contribution in [0.5, 0.6) is 0 Å². The highest BCUT2D eigenvalue weighted by molar-refractivity contribution is 5.91. The van der Waals surface area contributed by atoms with Gasteiger partial charge in [0.05, 0.1) is 32.7 Å². The summed E-state index contributed by atoms with van der Waals surface area (Å²) in [5.74, 6) is -3.20. The first kappa shape index (κ1) is 17.7. The molecule has 23 heavy (non-hydrogen) atoms. The van der Waals surface area contributed by atoms with Gasteiger partial charge in [-0.25, -0.2) is 0 Å². The Morgan fingerprint density at radius 2 is 1.61 bits per heavy atom. The number of carbonyl (C=O) groups excluding carboxylic acids is 3. The summed E-state index contributed by atoms with van der Waals surface area (Å²) in [5.41, 5.74) is -0.216. The van der Waals surface area contributed by atoms with Gasteiger partial charge >= 0.3 is 17.9 Å². The van der Waals surface area contributed by atoms with Gasteiger partial charge in [0, 0.05) is 6.04 Å². The van der Waals surface area contributed by atoms with E-state index in [4.69, 9.17) is 14.2 Å². The number of hydrogen-bond donors (Lipinski definition) is 0. The van der Waals surface area contributed by atoms with Crippen LogP contribution < -0.4 is 0 Å². The molecule has 0 bridgehead atoms. The molecule has 0 aromatic rings. The number of fused-ring (bicyclic) bond motifs is 1. The molecule has 4 atom stereocenters. The smallest absolute Gasteiger partial charge is 0.324 e. The third-order valence-corrected chi connectivity index (χ3v) is 5.07. The molecule has 0 aromatic heterocycles. The molecule has 2 aliphatic heterocycles. The quantitative estimate of drug-likeness (QED) is 0.553. The maximum atomic E-state index is 12.5. The van der Waals surface area contributed by atoms with E-state index in [1.54, 1.807) is 6.92 Å². The van der Waals surface area contributed by atoms with E-state index in [1.165, 1.54) is 14.2 Å². The fourth-order valence-electron chi connectivity index (χ4n) is 4.09. The van der Waals surface area contributed by atoms with Crippen molar-refractivity contribution in [2.45, 2.75) is 39.3 Å². The zero-order chi connectivity index (χ0) is 17.4. The topological polar surface area (TPSA) is 82.1 Å². The van der Waals surface area contributed by atoms with Crippen LogP contribution in [0, 0.1) is 17.3 Å². The number of nitrogens with zero attached hydrogens (tertiary/aromatic N) is 1. The average molecular weight is 327 g/mol. The lowest BCUT2D eigenvalue weighted by Crippen LogP contribution is -2.44. The minimum Gasteiger partial charge on any atom is -0.469 e. The van der Waals surface area contributed by atoms with Crippen molar-refractivity contribution >= 4 is 17.9 Å². The second kappa shape index (κ2) is 6.47. The molecule has 0 spiro atoms. The van der Waals surface area contributed by atoms with Crippen LogP contribution in [0.2, 0.25) is 0 Å². The zero-order valence-electron chi connectivity index (χ0n) is 14.3. The molecule has 130 valence electrons. The van der Waals surface area contributed by atoms with E-state index >= 15 is 0 Å². The van der Waals surface area contributed by atoms with E-state index in [9.17, 15) is 14.4 Å². The lowest BCUT2D eigenvalue weighted by molar-refractivity contribution is -0.161. The van der Waals surface area contributed by atoms with Crippen LogP contribution in [0.4, 0.5) is 0 Å². The Bertz CT molecular complexity index is 503. The third kappa shape index (κ3) is 2.82. The summed E-state index contributed by atoms with van der Waals surface area (Å²) >= 11 is 0. The summed E-state index contributed by atoms with van der Waals surface area (Å²) in [5, 5.41) is 0. The predicted molar refractivity (Wildman–Crippen MR) is 80.3 cm³/mol. The summed E-state index contributed by atoms with van der Waals surface area (Å²) in [6.45, 7) is 6.63. The molecule has 7 heteroatoms. The maximum absolute atomic E-state index is 12.5. The Hall–Kier alpha value is -1.63. The van der Waals surface area contributed by atoms with Crippen molar-refractivity contribution in [3.63, 3.8) is 0 Å². The van der Waals surface area contributed by atoms with E-state index in [1.807, 2.05) is 18.7 Å². The number of methoxy groups -OCH3 is 2. The first-order valence-electron chi connectivity index (χ1n) is 7.88. The Morgan fingerprint density at radius 1 is 1.04 bits per heavy atom. The van der Waals surface area contributed by atoms with E-state index < -0.39 is 35.8 Å². The molecule has 2 saturated heterocycles. The van der Waals surface area contributed by atoms with Crippen LogP contribution in [-0.2, 0) is 28.6 Å². The average Bonchev–Trinajstić information content (AvgIpc) is 3.01. The highest BCUT2D eigenvalue weighted by Gasteiger charge is 2.64. The fraction of sp³-hybridized carbons (Fsp3) is 0.812. The summed E-state index contributed by atoms with van der Waals surface area (Å²) in [4.78, 5) is 39.1. The van der Waals surface area contributed by atoms with Crippen LogP contribution in [-0.4, -0.2) is 62.3 Å². The Balaban J connectivity index is 2.50. The molecular weight excluding hydrogens is 302 g/mol. The molecule has 2 rings (SSSR count). The van der Waals surface area contributed by atoms with Gasteiger partial charge in [-0.3, -0.25) is 19.3 Å². The van der Waals surface area contributed by atoms with Crippen LogP contribution in [0.1, 0.15) is 27.2 Å². The van der Waals surface area contributed by atoms with Gasteiger partial charge in [0.1, 0.15) is 6.04 Å². The van der Waals surface area contributed by atoms with Gasteiger partial charge in [-0.2, -0.15) is 0 Å². The maximum Gasteiger partial charge on any atom is 0.324 e. The summed E-state index contributed by atoms with van der Waals surface area (Å²) in [7, 11) is 2.55. The van der Waals surface area contributed by atoms with Gasteiger partial charge in [0.15, 0.2) is 0 Å². The Kier molecular flexibility index (Phi) is 4.98. The van der Waals surface area contributed by atoms with Crippen LogP contribution in [0.15, 0.2) is 0 Å². The van der Waals surface area contributed by atoms with Gasteiger partial charge in [-0.1, -0.05) is 13.8 Å². The SMILES string of the molecule is CCOC(=O)[C@H]1[C@H](C(=O)OC)[C@H](C(=O)OC)[C@H]2N1CCC2(C)C. The normalized spacial score (nSPS) is 32.2. The van der Waals surface area contributed by atoms with Crippen LogP contribution >= 0.6 is 0 Å². The van der Waals surface area contributed by atoms with Gasteiger partial charge in [-0.05, 0) is 25.3 Å². The van der Waals surface area contributed by atoms with Crippen molar-refractivity contribution in [3.8, 4) is 0 Å². The van der Waals surface area contributed by atoms with Gasteiger partial charge in [-0.15, -0.1) is 0 Å². The van der Waals surface area contributed by atoms with Gasteiger partial charge < -0.3 is 14.2 Å². The number of carbonyl (C=O) groups is 3. The first-order valence-corrected chi connectivity index (χ1v) is 7.88. The van der Waals surface area contributed by atoms with E-state index in [0.717, 1.165) is 6.42 Å². The molecule has 0 unspecified atom stereocenters. The molecule has 0 N–H and O–H groups in total. The third-order valence-electron chi connectivity index (χ3n) is 5.07. The molecule has 0 amide bonds. The number of esters is 3. The van der Waals surface area contributed by atoms with Gasteiger partial charge in [0.25, 0.3) is 0 Å². The van der Waals surface area contributed by atoms with Crippen LogP contribution in [0.3, 0.4) is 0 Å². The van der Waals surface area contributed by atoms with Crippen molar-refractivity contribution in [1.82, 2.24) is 4.90 Å². The lowest BCUT2D eigenvalue weighted by Gasteiger charge is -2.31. The Morgan fingerprint density at radius 3 is 2.13 bits per heavy atom. The molecule has 0 radical (unpaired) electrons. The molecular formula is C16H25NO6. The van der Waals surface area contributed by atoms with Crippen molar-refractivity contribution in [2.24, 2.45) is 17.3 Å². The minimum atomic E-state index is -0.906. The molecule has 0 aromatic carbocycles. The summed E-state index contributed by atoms with van der Waals surface area (Å²) in [6.07, 6.45) is 0.828. The molecule has 2 aliphatic rings. The van der Waals surface area contributed by atoms with Crippen molar-refractivity contribution in [2.75, 3.05) is 27.4 Å². The first-order chi connectivity index (χ1) is 10.8. The second-order valence-electron chi connectivity index (χ2n) is 6.72. The second-order valence-corrected chi connectivity index (χ2v) is 6.72. The van der Waals surface area contributed by atoms with Crippen molar-refractivity contribution < 1.29 is 28.6 Å². The molecule has 2 heterocycles. The fourth-order valence-corrected chi connectivity index (χ4v) is 4.09. The van der Waals surface area contributed by atoms with Crippen molar-refractivity contribution in [3.05, 3.63) is 0 Å². The number of ether oxygens (including phenoxy) is 3. The minimum absolute atomic E-state index is 0.216. The highest BCUT2D eigenvalue weighted by atomic mass is 16.5. The monoisotopic (exact) mass is 327 g/mol. The van der Waals surface area contributed by atoms with E-state index in [2.05, 4.69) is 0 Å². The van der Waals surface area contributed by atoms with Gasteiger partial charge in [0.2, 0.25) is 0 Å². The Labute approximate surface area is 136 Å². The predicted octanol–water partition coefficient (Wildman–Crippen LogP) is 0.611. The standard InChI is InChI=1S/C16H25NO6/c1-6-23-15(20)11-9(13(18)21-4)10(14(19)22-5)12-16(2,3)7-8-17(11)12/h9-12H,6-8H2,1-5H3/t9-,10+,11-,12-/m1/s1. The largest absolute Gasteiger partial charge is 0.469 e. The van der Waals surface area contributed by atoms with E-state index in [0.29, 0.717) is 6.54 Å². The number of rotatable bonds is 4. The summed E-state index contributed by atoms with van der Waals surface area (Å²) in [6, 6.07) is -1.06.